The molecule has 0 saturated carbocycles. The zero-order chi connectivity index (χ0) is 12.9. The summed E-state index contributed by atoms with van der Waals surface area (Å²) in [5, 5.41) is 0. The van der Waals surface area contributed by atoms with E-state index in [0.717, 1.165) is 12.8 Å². The summed E-state index contributed by atoms with van der Waals surface area (Å²) >= 11 is 0. The third kappa shape index (κ3) is 3.56. The molecule has 2 N–H and O–H groups in total. The number of sulfone groups is 1. The summed E-state index contributed by atoms with van der Waals surface area (Å²) in [6.45, 7) is 2.00. The first-order valence-electron chi connectivity index (χ1n) is 5.60. The average Bonchev–Trinajstić information content (AvgIpc) is 2.29. The number of unbranched alkanes of at least 4 members (excludes halogenated alkanes) is 2. The van der Waals surface area contributed by atoms with Gasteiger partial charge in [0, 0.05) is 0 Å². The molecule has 0 fully saturated rings. The highest BCUT2D eigenvalue weighted by atomic mass is 32.2. The molecule has 0 aliphatic heterocycles. The van der Waals surface area contributed by atoms with Gasteiger partial charge in [0.2, 0.25) is 5.91 Å². The maximum Gasteiger partial charge on any atom is 0.250 e. The van der Waals surface area contributed by atoms with Crippen LogP contribution < -0.4 is 5.73 Å². The molecule has 0 radical (unpaired) electrons. The molecule has 17 heavy (non-hydrogen) atoms. The zero-order valence-corrected chi connectivity index (χ0v) is 10.7. The van der Waals surface area contributed by atoms with E-state index in [0.29, 0.717) is 6.42 Å². The highest BCUT2D eigenvalue weighted by Gasteiger charge is 2.20. The Morgan fingerprint density at radius 1 is 1.24 bits per heavy atom. The second-order valence-corrected chi connectivity index (χ2v) is 5.96. The Morgan fingerprint density at radius 3 is 2.47 bits per heavy atom. The van der Waals surface area contributed by atoms with Gasteiger partial charge in [0.25, 0.3) is 0 Å². The minimum atomic E-state index is -3.41. The lowest BCUT2D eigenvalue weighted by Crippen LogP contribution is -2.17. The smallest absolute Gasteiger partial charge is 0.250 e. The van der Waals surface area contributed by atoms with Crippen LogP contribution in [0.2, 0.25) is 0 Å². The molecule has 1 aromatic carbocycles. The van der Waals surface area contributed by atoms with Crippen molar-refractivity contribution in [3.05, 3.63) is 29.8 Å². The van der Waals surface area contributed by atoms with E-state index in [9.17, 15) is 13.2 Å². The molecule has 94 valence electrons. The Hall–Kier alpha value is -1.36. The lowest BCUT2D eigenvalue weighted by molar-refractivity contribution is 0.0997. The highest BCUT2D eigenvalue weighted by Crippen LogP contribution is 2.17. The molecule has 1 amide bonds. The maximum atomic E-state index is 12.0. The molecular weight excluding hydrogens is 238 g/mol. The number of hydrogen-bond donors (Lipinski definition) is 1. The summed E-state index contributed by atoms with van der Waals surface area (Å²) in [5.74, 6) is -0.648. The van der Waals surface area contributed by atoms with E-state index in [2.05, 4.69) is 0 Å². The largest absolute Gasteiger partial charge is 0.366 e. The third-order valence-corrected chi connectivity index (χ3v) is 4.36. The van der Waals surface area contributed by atoms with E-state index in [1.807, 2.05) is 6.92 Å². The maximum absolute atomic E-state index is 12.0. The normalized spacial score (nSPS) is 11.4. The molecule has 0 aliphatic rings. The fourth-order valence-corrected chi connectivity index (χ4v) is 3.19. The van der Waals surface area contributed by atoms with E-state index in [-0.39, 0.29) is 16.2 Å². The van der Waals surface area contributed by atoms with Gasteiger partial charge in [0.05, 0.1) is 16.2 Å². The quantitative estimate of drug-likeness (QED) is 0.787. The topological polar surface area (TPSA) is 77.2 Å². The van der Waals surface area contributed by atoms with Crippen LogP contribution in [0, 0.1) is 0 Å². The van der Waals surface area contributed by atoms with Gasteiger partial charge in [-0.15, -0.1) is 0 Å². The van der Waals surface area contributed by atoms with Crippen LogP contribution in [-0.4, -0.2) is 20.1 Å². The summed E-state index contributed by atoms with van der Waals surface area (Å²) in [5.41, 5.74) is 5.24. The van der Waals surface area contributed by atoms with Crippen molar-refractivity contribution in [1.82, 2.24) is 0 Å². The fraction of sp³-hybridized carbons (Fsp3) is 0.417. The summed E-state index contributed by atoms with van der Waals surface area (Å²) < 4.78 is 24.0. The number of carbonyl (C=O) groups excluding carboxylic acids is 1. The van der Waals surface area contributed by atoms with Crippen LogP contribution in [0.15, 0.2) is 29.2 Å². The van der Waals surface area contributed by atoms with Gasteiger partial charge in [-0.3, -0.25) is 4.79 Å². The second kappa shape index (κ2) is 5.82. The summed E-state index contributed by atoms with van der Waals surface area (Å²) in [4.78, 5) is 11.2. The highest BCUT2D eigenvalue weighted by molar-refractivity contribution is 7.91. The third-order valence-electron chi connectivity index (χ3n) is 2.50. The van der Waals surface area contributed by atoms with Crippen molar-refractivity contribution in [2.24, 2.45) is 5.73 Å². The molecular formula is C12H17NO3S. The van der Waals surface area contributed by atoms with Crippen molar-refractivity contribution < 1.29 is 13.2 Å². The van der Waals surface area contributed by atoms with Crippen LogP contribution in [0.5, 0.6) is 0 Å². The van der Waals surface area contributed by atoms with Crippen molar-refractivity contribution in [3.8, 4) is 0 Å². The predicted molar refractivity (Wildman–Crippen MR) is 66.5 cm³/mol. The molecule has 0 spiro atoms. The van der Waals surface area contributed by atoms with Gasteiger partial charge in [0.1, 0.15) is 0 Å². The Balaban J connectivity index is 3.02. The number of hydrogen-bond acceptors (Lipinski definition) is 3. The number of amides is 1. The molecule has 0 atom stereocenters. The molecule has 0 unspecified atom stereocenters. The fourth-order valence-electron chi connectivity index (χ4n) is 1.59. The second-order valence-electron chi connectivity index (χ2n) is 3.89. The van der Waals surface area contributed by atoms with Crippen LogP contribution in [0.25, 0.3) is 0 Å². The van der Waals surface area contributed by atoms with Crippen LogP contribution in [-0.2, 0) is 9.84 Å². The minimum Gasteiger partial charge on any atom is -0.366 e. The monoisotopic (exact) mass is 255 g/mol. The molecule has 1 rings (SSSR count). The first-order valence-corrected chi connectivity index (χ1v) is 7.26. The summed E-state index contributed by atoms with van der Waals surface area (Å²) in [6, 6.07) is 6.07. The predicted octanol–water partition coefficient (Wildman–Crippen LogP) is 1.75. The Bertz CT molecular complexity index is 494. The van der Waals surface area contributed by atoms with E-state index in [1.54, 1.807) is 12.1 Å². The molecule has 0 bridgehead atoms. The zero-order valence-electron chi connectivity index (χ0n) is 9.85. The Labute approximate surface area is 102 Å². The van der Waals surface area contributed by atoms with Gasteiger partial charge < -0.3 is 5.73 Å². The van der Waals surface area contributed by atoms with Crippen LogP contribution in [0.3, 0.4) is 0 Å². The Kier molecular flexibility index (Phi) is 4.69. The van der Waals surface area contributed by atoms with Gasteiger partial charge in [-0.1, -0.05) is 31.9 Å². The number of rotatable bonds is 6. The van der Waals surface area contributed by atoms with Gasteiger partial charge in [-0.2, -0.15) is 0 Å². The van der Waals surface area contributed by atoms with E-state index >= 15 is 0 Å². The lowest BCUT2D eigenvalue weighted by atomic mass is 10.2. The molecule has 4 nitrogen and oxygen atoms in total. The number of nitrogens with two attached hydrogens (primary N) is 1. The van der Waals surface area contributed by atoms with Gasteiger partial charge >= 0.3 is 0 Å². The first kappa shape index (κ1) is 13.7. The van der Waals surface area contributed by atoms with Crippen LogP contribution >= 0.6 is 0 Å². The number of primary amides is 1. The Morgan fingerprint density at radius 2 is 1.88 bits per heavy atom. The minimum absolute atomic E-state index is 0.0450. The van der Waals surface area contributed by atoms with Gasteiger partial charge in [-0.25, -0.2) is 8.42 Å². The van der Waals surface area contributed by atoms with Crippen molar-refractivity contribution in [3.63, 3.8) is 0 Å². The number of benzene rings is 1. The van der Waals surface area contributed by atoms with E-state index in [1.165, 1.54) is 12.1 Å². The molecule has 0 aromatic heterocycles. The summed E-state index contributed by atoms with van der Waals surface area (Å²) in [7, 11) is -3.41. The van der Waals surface area contributed by atoms with Crippen molar-refractivity contribution in [1.29, 1.82) is 0 Å². The SMILES string of the molecule is CCCCCS(=O)(=O)c1ccccc1C(N)=O. The average molecular weight is 255 g/mol. The molecule has 0 aliphatic carbocycles. The number of carbonyl (C=O) groups is 1. The molecule has 0 heterocycles. The summed E-state index contributed by atoms with van der Waals surface area (Å²) in [6.07, 6.45) is 2.41. The van der Waals surface area contributed by atoms with Crippen molar-refractivity contribution in [2.45, 2.75) is 31.1 Å². The van der Waals surface area contributed by atoms with E-state index < -0.39 is 15.7 Å². The molecule has 5 heteroatoms. The molecule has 0 saturated heterocycles. The first-order chi connectivity index (χ1) is 7.99. The standard InChI is InChI=1S/C12H17NO3S/c1-2-3-6-9-17(15,16)11-8-5-4-7-10(11)12(13)14/h4-5,7-8H,2-3,6,9H2,1H3,(H2,13,14). The van der Waals surface area contributed by atoms with Crippen LogP contribution in [0.1, 0.15) is 36.5 Å². The lowest BCUT2D eigenvalue weighted by Gasteiger charge is -2.07. The molecule has 1 aromatic rings. The van der Waals surface area contributed by atoms with Crippen LogP contribution in [0.4, 0.5) is 0 Å². The van der Waals surface area contributed by atoms with Crippen molar-refractivity contribution in [2.75, 3.05) is 5.75 Å². The van der Waals surface area contributed by atoms with Crippen molar-refractivity contribution >= 4 is 15.7 Å². The van der Waals surface area contributed by atoms with E-state index in [4.69, 9.17) is 5.73 Å². The van der Waals surface area contributed by atoms with Gasteiger partial charge in [0.15, 0.2) is 9.84 Å². The van der Waals surface area contributed by atoms with Gasteiger partial charge in [-0.05, 0) is 18.6 Å².